The number of hydrogen-bond donors (Lipinski definition) is 0. The van der Waals surface area contributed by atoms with E-state index in [4.69, 9.17) is 22.8 Å². The summed E-state index contributed by atoms with van der Waals surface area (Å²) in [6.07, 6.45) is 5.04. The second-order valence-electron chi connectivity index (χ2n) is 2.26. The van der Waals surface area contributed by atoms with Crippen molar-refractivity contribution in [1.29, 1.82) is 0 Å². The van der Waals surface area contributed by atoms with Crippen molar-refractivity contribution in [3.63, 3.8) is 0 Å². The van der Waals surface area contributed by atoms with Gasteiger partial charge in [0.2, 0.25) is 0 Å². The fraction of sp³-hybridized carbons (Fsp3) is 0.571. The average molecular weight is 161 g/mol. The Morgan fingerprint density at radius 2 is 2.30 bits per heavy atom. The van der Waals surface area contributed by atoms with Crippen LogP contribution >= 0.6 is 11.6 Å². The molecule has 0 aliphatic heterocycles. The first-order chi connectivity index (χ1) is 4.52. The molecule has 0 heterocycles. The van der Waals surface area contributed by atoms with Gasteiger partial charge in [0.15, 0.2) is 5.60 Å². The summed E-state index contributed by atoms with van der Waals surface area (Å²) in [4.78, 5) is 10.5. The highest BCUT2D eigenvalue weighted by Crippen LogP contribution is 2.06. The van der Waals surface area contributed by atoms with Crippen molar-refractivity contribution in [3.8, 4) is 12.3 Å². The Hall–Kier alpha value is -0.680. The van der Waals surface area contributed by atoms with Gasteiger partial charge in [-0.05, 0) is 13.8 Å². The Kier molecular flexibility index (Phi) is 3.24. The summed E-state index contributed by atoms with van der Waals surface area (Å²) in [6, 6.07) is 0. The molecule has 0 radical (unpaired) electrons. The second kappa shape index (κ2) is 3.48. The maximum atomic E-state index is 10.5. The molecule has 10 heavy (non-hydrogen) atoms. The van der Waals surface area contributed by atoms with Crippen molar-refractivity contribution in [3.05, 3.63) is 0 Å². The molecule has 0 bridgehead atoms. The zero-order chi connectivity index (χ0) is 8.20. The largest absolute Gasteiger partial charge is 0.446 e. The van der Waals surface area contributed by atoms with Gasteiger partial charge in [-0.25, -0.2) is 0 Å². The molecule has 0 atom stereocenters. The molecule has 0 N–H and O–H groups in total. The van der Waals surface area contributed by atoms with Crippen molar-refractivity contribution in [1.82, 2.24) is 0 Å². The van der Waals surface area contributed by atoms with Crippen molar-refractivity contribution < 1.29 is 9.53 Å². The standard InChI is InChI=1S/C7H9ClO2/c1-4-7(2,3)10-6(9)5-8/h1H,5H2,2-3H3. The number of ether oxygens (including phenoxy) is 1. The van der Waals surface area contributed by atoms with Crippen LogP contribution in [0.15, 0.2) is 0 Å². The van der Waals surface area contributed by atoms with E-state index in [2.05, 4.69) is 5.92 Å². The molecule has 0 aromatic heterocycles. The summed E-state index contributed by atoms with van der Waals surface area (Å²) in [5, 5.41) is 0. The molecule has 0 fully saturated rings. The van der Waals surface area contributed by atoms with Crippen molar-refractivity contribution >= 4 is 17.6 Å². The predicted octanol–water partition coefficient (Wildman–Crippen LogP) is 1.18. The molecule has 0 aliphatic rings. The Balaban J connectivity index is 3.92. The van der Waals surface area contributed by atoms with Crippen molar-refractivity contribution in [2.45, 2.75) is 19.4 Å². The van der Waals surface area contributed by atoms with E-state index in [1.807, 2.05) is 0 Å². The van der Waals surface area contributed by atoms with Gasteiger partial charge in [-0.3, -0.25) is 4.79 Å². The van der Waals surface area contributed by atoms with E-state index in [9.17, 15) is 4.79 Å². The van der Waals surface area contributed by atoms with Crippen LogP contribution < -0.4 is 0 Å². The lowest BCUT2D eigenvalue weighted by Gasteiger charge is -2.17. The third-order valence-electron chi connectivity index (χ3n) is 0.826. The smallest absolute Gasteiger partial charge is 0.322 e. The molecule has 0 unspecified atom stereocenters. The Morgan fingerprint density at radius 3 is 2.60 bits per heavy atom. The Labute approximate surface area is 65.5 Å². The van der Waals surface area contributed by atoms with Crippen LogP contribution in [0.5, 0.6) is 0 Å². The maximum absolute atomic E-state index is 10.5. The number of terminal acetylenes is 1. The van der Waals surface area contributed by atoms with Crippen molar-refractivity contribution in [2.75, 3.05) is 5.88 Å². The minimum Gasteiger partial charge on any atom is -0.446 e. The monoisotopic (exact) mass is 160 g/mol. The van der Waals surface area contributed by atoms with Crippen LogP contribution in [0.1, 0.15) is 13.8 Å². The van der Waals surface area contributed by atoms with Gasteiger partial charge in [0, 0.05) is 0 Å². The molecule has 2 nitrogen and oxygen atoms in total. The summed E-state index contributed by atoms with van der Waals surface area (Å²) in [7, 11) is 0. The zero-order valence-corrected chi connectivity index (χ0v) is 6.73. The van der Waals surface area contributed by atoms with E-state index in [1.54, 1.807) is 13.8 Å². The molecule has 56 valence electrons. The quantitative estimate of drug-likeness (QED) is 0.345. The van der Waals surface area contributed by atoms with E-state index in [1.165, 1.54) is 0 Å². The molecule has 0 aromatic carbocycles. The van der Waals surface area contributed by atoms with Gasteiger partial charge >= 0.3 is 5.97 Å². The van der Waals surface area contributed by atoms with Crippen LogP contribution in [0, 0.1) is 12.3 Å². The van der Waals surface area contributed by atoms with Crippen LogP contribution in [0.3, 0.4) is 0 Å². The number of carbonyl (C=O) groups is 1. The molecular formula is C7H9ClO2. The summed E-state index contributed by atoms with van der Waals surface area (Å²) < 4.78 is 4.73. The third-order valence-corrected chi connectivity index (χ3v) is 1.04. The topological polar surface area (TPSA) is 26.3 Å². The summed E-state index contributed by atoms with van der Waals surface area (Å²) in [6.45, 7) is 3.24. The minimum atomic E-state index is -0.841. The average Bonchev–Trinajstić information content (AvgIpc) is 1.87. The Morgan fingerprint density at radius 1 is 1.80 bits per heavy atom. The zero-order valence-electron chi connectivity index (χ0n) is 5.98. The fourth-order valence-corrected chi connectivity index (χ4v) is 0.396. The molecule has 0 saturated carbocycles. The van der Waals surface area contributed by atoms with E-state index in [0.717, 1.165) is 0 Å². The minimum absolute atomic E-state index is 0.162. The van der Waals surface area contributed by atoms with Gasteiger partial charge in [0.05, 0.1) is 0 Å². The summed E-state index contributed by atoms with van der Waals surface area (Å²) in [5.41, 5.74) is -0.841. The molecule has 0 amide bonds. The highest BCUT2D eigenvalue weighted by atomic mass is 35.5. The van der Waals surface area contributed by atoms with Crippen LogP contribution in [-0.2, 0) is 9.53 Å². The van der Waals surface area contributed by atoms with Gasteiger partial charge in [0.25, 0.3) is 0 Å². The summed E-state index contributed by atoms with van der Waals surface area (Å²) in [5.74, 6) is 1.65. The van der Waals surface area contributed by atoms with Crippen LogP contribution in [0.4, 0.5) is 0 Å². The fourth-order valence-electron chi connectivity index (χ4n) is 0.341. The van der Waals surface area contributed by atoms with Crippen molar-refractivity contribution in [2.24, 2.45) is 0 Å². The molecule has 0 saturated heterocycles. The van der Waals surface area contributed by atoms with Gasteiger partial charge in [-0.1, -0.05) is 5.92 Å². The van der Waals surface area contributed by atoms with E-state index >= 15 is 0 Å². The molecular weight excluding hydrogens is 152 g/mol. The van der Waals surface area contributed by atoms with E-state index in [-0.39, 0.29) is 5.88 Å². The van der Waals surface area contributed by atoms with Gasteiger partial charge in [-0.2, -0.15) is 0 Å². The van der Waals surface area contributed by atoms with E-state index < -0.39 is 11.6 Å². The summed E-state index contributed by atoms with van der Waals surface area (Å²) >= 11 is 5.17. The molecule has 0 aromatic rings. The SMILES string of the molecule is C#CC(C)(C)OC(=O)CCl. The first-order valence-electron chi connectivity index (χ1n) is 2.77. The lowest BCUT2D eigenvalue weighted by Crippen LogP contribution is -2.26. The van der Waals surface area contributed by atoms with E-state index in [0.29, 0.717) is 0 Å². The van der Waals surface area contributed by atoms with Crippen LogP contribution in [0.25, 0.3) is 0 Å². The first-order valence-corrected chi connectivity index (χ1v) is 3.31. The highest BCUT2D eigenvalue weighted by Gasteiger charge is 2.18. The number of carbonyl (C=O) groups excluding carboxylic acids is 1. The lowest BCUT2D eigenvalue weighted by molar-refractivity contribution is -0.148. The molecule has 0 spiro atoms. The predicted molar refractivity (Wildman–Crippen MR) is 39.7 cm³/mol. The molecule has 3 heteroatoms. The normalized spacial score (nSPS) is 10.2. The second-order valence-corrected chi connectivity index (χ2v) is 2.53. The first kappa shape index (κ1) is 9.32. The number of esters is 1. The maximum Gasteiger partial charge on any atom is 0.322 e. The number of halogens is 1. The van der Waals surface area contributed by atoms with Gasteiger partial charge in [0.1, 0.15) is 5.88 Å². The number of alkyl halides is 1. The number of rotatable bonds is 2. The lowest BCUT2D eigenvalue weighted by atomic mass is 10.1. The third kappa shape index (κ3) is 3.37. The van der Waals surface area contributed by atoms with Crippen LogP contribution in [-0.4, -0.2) is 17.5 Å². The molecule has 0 aliphatic carbocycles. The molecule has 0 rings (SSSR count). The van der Waals surface area contributed by atoms with Crippen LogP contribution in [0.2, 0.25) is 0 Å². The Bertz CT molecular complexity index is 167. The van der Waals surface area contributed by atoms with Gasteiger partial charge < -0.3 is 4.74 Å². The highest BCUT2D eigenvalue weighted by molar-refractivity contribution is 6.26. The van der Waals surface area contributed by atoms with Gasteiger partial charge in [-0.15, -0.1) is 18.0 Å². The number of hydrogen-bond acceptors (Lipinski definition) is 2.